The Morgan fingerprint density at radius 3 is 2.35 bits per heavy atom. The Balaban J connectivity index is 1.73. The zero-order valence-electron chi connectivity index (χ0n) is 24.7. The van der Waals surface area contributed by atoms with E-state index in [1.807, 2.05) is 36.4 Å². The van der Waals surface area contributed by atoms with E-state index in [1.54, 1.807) is 39.1 Å². The van der Waals surface area contributed by atoms with E-state index < -0.39 is 53.1 Å². The molecule has 0 aliphatic carbocycles. The lowest BCUT2D eigenvalue weighted by Gasteiger charge is -2.36. The second kappa shape index (κ2) is 12.3. The number of pyridine rings is 1. The minimum Gasteiger partial charge on any atom is -0.496 e. The van der Waals surface area contributed by atoms with Crippen LogP contribution in [0.4, 0.5) is 8.78 Å². The first-order valence-corrected chi connectivity index (χ1v) is 13.9. The molecule has 0 bridgehead atoms. The van der Waals surface area contributed by atoms with E-state index in [-0.39, 0.29) is 6.54 Å². The number of hydrogen-bond donors (Lipinski definition) is 2. The number of methoxy groups -OCH3 is 1. The fourth-order valence-electron chi connectivity index (χ4n) is 5.51. The second-order valence-corrected chi connectivity index (χ2v) is 11.8. The summed E-state index contributed by atoms with van der Waals surface area (Å²) in [6, 6.07) is 13.1. The van der Waals surface area contributed by atoms with Crippen molar-refractivity contribution in [2.45, 2.75) is 64.1 Å². The van der Waals surface area contributed by atoms with Crippen LogP contribution in [-0.4, -0.2) is 59.3 Å². The molecule has 1 aliphatic rings. The zero-order chi connectivity index (χ0) is 31.5. The van der Waals surface area contributed by atoms with Crippen molar-refractivity contribution in [1.29, 1.82) is 5.26 Å². The van der Waals surface area contributed by atoms with Crippen molar-refractivity contribution in [2.24, 2.45) is 5.41 Å². The van der Waals surface area contributed by atoms with Crippen LogP contribution >= 0.6 is 0 Å². The van der Waals surface area contributed by atoms with Crippen LogP contribution < -0.4 is 15.4 Å². The van der Waals surface area contributed by atoms with Gasteiger partial charge in [0.1, 0.15) is 23.9 Å². The van der Waals surface area contributed by atoms with Gasteiger partial charge in [-0.05, 0) is 23.5 Å². The predicted molar refractivity (Wildman–Crippen MR) is 156 cm³/mol. The third kappa shape index (κ3) is 6.58. The van der Waals surface area contributed by atoms with Gasteiger partial charge in [-0.1, -0.05) is 63.2 Å². The van der Waals surface area contributed by atoms with E-state index in [1.165, 1.54) is 18.2 Å². The number of nitrogens with one attached hydrogen (secondary N) is 2. The zero-order valence-corrected chi connectivity index (χ0v) is 24.7. The normalized spacial score (nSPS) is 18.4. The average Bonchev–Trinajstić information content (AvgIpc) is 3.42. The third-order valence-electron chi connectivity index (χ3n) is 7.69. The lowest BCUT2D eigenvalue weighted by molar-refractivity contribution is -0.150. The molecule has 1 fully saturated rings. The first-order chi connectivity index (χ1) is 20.3. The van der Waals surface area contributed by atoms with E-state index in [9.17, 15) is 28.4 Å². The molecule has 2 heterocycles. The Morgan fingerprint density at radius 2 is 1.74 bits per heavy atom. The highest BCUT2D eigenvalue weighted by atomic mass is 19.3. The molecule has 11 heteroatoms. The standard InChI is InChI=1S/C32H35F2N5O4/c1-31(2,3)27(38-30(42)32(4,33)34)29(41)39-15-14-21(19-10-7-6-8-11-19)26(39)28(40)37-23(16-35)22-18-36-17-20-12-9-13-24(43-5)25(20)22/h6-13,17-18,21,23,26-27H,14-15H2,1-5H3,(H,37,40)(H,38,42)/t21-,23?,26+,27-/m1/s1. The predicted octanol–water partition coefficient (Wildman–Crippen LogP) is 4.50. The van der Waals surface area contributed by atoms with Crippen molar-refractivity contribution in [3.8, 4) is 11.8 Å². The Kier molecular flexibility index (Phi) is 8.99. The van der Waals surface area contributed by atoms with Crippen molar-refractivity contribution in [3.05, 3.63) is 72.1 Å². The van der Waals surface area contributed by atoms with Crippen LogP contribution in [0.2, 0.25) is 0 Å². The number of nitriles is 1. The van der Waals surface area contributed by atoms with Crippen LogP contribution in [0.1, 0.15) is 57.2 Å². The Hall–Kier alpha value is -4.59. The summed E-state index contributed by atoms with van der Waals surface area (Å²) in [7, 11) is 1.50. The van der Waals surface area contributed by atoms with Crippen molar-refractivity contribution >= 4 is 28.5 Å². The van der Waals surface area contributed by atoms with E-state index >= 15 is 0 Å². The highest BCUT2D eigenvalue weighted by Crippen LogP contribution is 2.37. The number of rotatable bonds is 8. The number of nitrogens with zero attached hydrogens (tertiary/aromatic N) is 3. The van der Waals surface area contributed by atoms with Crippen molar-refractivity contribution in [2.75, 3.05) is 13.7 Å². The van der Waals surface area contributed by atoms with Gasteiger partial charge in [0.05, 0.1) is 13.2 Å². The maximum atomic E-state index is 14.1. The van der Waals surface area contributed by atoms with E-state index in [2.05, 4.69) is 21.7 Å². The lowest BCUT2D eigenvalue weighted by atomic mass is 9.85. The number of hydrogen-bond acceptors (Lipinski definition) is 6. The van der Waals surface area contributed by atoms with Crippen LogP contribution in [0.5, 0.6) is 5.75 Å². The van der Waals surface area contributed by atoms with Gasteiger partial charge in [0.2, 0.25) is 11.8 Å². The molecule has 3 amide bonds. The molecule has 1 unspecified atom stereocenters. The summed E-state index contributed by atoms with van der Waals surface area (Å²) < 4.78 is 33.2. The lowest BCUT2D eigenvalue weighted by Crippen LogP contribution is -2.60. The fraction of sp³-hybridized carbons (Fsp3) is 0.406. The highest BCUT2D eigenvalue weighted by Gasteiger charge is 2.48. The molecule has 2 aromatic carbocycles. The highest BCUT2D eigenvalue weighted by molar-refractivity contribution is 5.96. The minimum absolute atomic E-state index is 0.141. The van der Waals surface area contributed by atoms with E-state index in [0.717, 1.165) is 5.56 Å². The monoisotopic (exact) mass is 591 g/mol. The molecule has 1 aromatic heterocycles. The number of alkyl halides is 2. The third-order valence-corrected chi connectivity index (χ3v) is 7.69. The Labute approximate surface area is 249 Å². The molecule has 0 spiro atoms. The number of halogens is 2. The molecule has 4 atom stereocenters. The molecule has 1 saturated heterocycles. The number of benzene rings is 2. The average molecular weight is 592 g/mol. The van der Waals surface area contributed by atoms with E-state index in [0.29, 0.717) is 35.4 Å². The van der Waals surface area contributed by atoms with Gasteiger partial charge in [0, 0.05) is 48.1 Å². The number of carbonyl (C=O) groups excluding carboxylic acids is 3. The van der Waals surface area contributed by atoms with Gasteiger partial charge in [-0.15, -0.1) is 0 Å². The molecule has 0 saturated carbocycles. The van der Waals surface area contributed by atoms with E-state index in [4.69, 9.17) is 4.74 Å². The summed E-state index contributed by atoms with van der Waals surface area (Å²) in [6.45, 7) is 5.55. The molecular formula is C32H35F2N5O4. The maximum absolute atomic E-state index is 14.1. The summed E-state index contributed by atoms with van der Waals surface area (Å²) in [4.78, 5) is 46.0. The van der Waals surface area contributed by atoms with Crippen LogP contribution in [0.25, 0.3) is 10.8 Å². The van der Waals surface area contributed by atoms with Crippen molar-refractivity contribution < 1.29 is 27.9 Å². The summed E-state index contributed by atoms with van der Waals surface area (Å²) in [5.74, 6) is -6.49. The van der Waals surface area contributed by atoms with Crippen LogP contribution in [0.3, 0.4) is 0 Å². The summed E-state index contributed by atoms with van der Waals surface area (Å²) in [6.07, 6.45) is 3.52. The second-order valence-electron chi connectivity index (χ2n) is 11.8. The Morgan fingerprint density at radius 1 is 1.05 bits per heavy atom. The van der Waals surface area contributed by atoms with Crippen LogP contribution in [0, 0.1) is 16.7 Å². The van der Waals surface area contributed by atoms with Crippen molar-refractivity contribution in [3.63, 3.8) is 0 Å². The molecule has 3 aromatic rings. The largest absolute Gasteiger partial charge is 0.496 e. The maximum Gasteiger partial charge on any atom is 0.321 e. The molecule has 43 heavy (non-hydrogen) atoms. The summed E-state index contributed by atoms with van der Waals surface area (Å²) in [5, 5.41) is 16.5. The van der Waals surface area contributed by atoms with Gasteiger partial charge in [-0.3, -0.25) is 19.4 Å². The van der Waals surface area contributed by atoms with Gasteiger partial charge >= 0.3 is 5.92 Å². The molecular weight excluding hydrogens is 556 g/mol. The minimum atomic E-state index is -3.70. The molecule has 9 nitrogen and oxygen atoms in total. The van der Waals surface area contributed by atoms with Gasteiger partial charge in [-0.25, -0.2) is 0 Å². The topological polar surface area (TPSA) is 124 Å². The van der Waals surface area contributed by atoms with Crippen molar-refractivity contribution in [1.82, 2.24) is 20.5 Å². The van der Waals surface area contributed by atoms with Gasteiger partial charge in [0.15, 0.2) is 0 Å². The Bertz CT molecular complexity index is 1540. The molecule has 1 aliphatic heterocycles. The molecule has 4 rings (SSSR count). The smallest absolute Gasteiger partial charge is 0.321 e. The van der Waals surface area contributed by atoms with Crippen LogP contribution in [-0.2, 0) is 14.4 Å². The number of ether oxygens (including phenoxy) is 1. The number of likely N-dealkylation sites (tertiary alicyclic amines) is 1. The van der Waals surface area contributed by atoms with Gasteiger partial charge in [0.25, 0.3) is 5.91 Å². The molecule has 2 N–H and O–H groups in total. The number of fused-ring (bicyclic) bond motifs is 1. The van der Waals surface area contributed by atoms with Gasteiger partial charge in [-0.2, -0.15) is 14.0 Å². The van der Waals surface area contributed by atoms with Gasteiger partial charge < -0.3 is 20.3 Å². The molecule has 226 valence electrons. The number of aromatic nitrogens is 1. The fourth-order valence-corrected chi connectivity index (χ4v) is 5.51. The summed E-state index contributed by atoms with van der Waals surface area (Å²) >= 11 is 0. The first kappa shape index (κ1) is 31.3. The van der Waals surface area contributed by atoms with Crippen LogP contribution in [0.15, 0.2) is 60.9 Å². The summed E-state index contributed by atoms with van der Waals surface area (Å²) in [5.41, 5.74) is 0.267. The number of carbonyl (C=O) groups is 3. The SMILES string of the molecule is COc1cccc2cncc(C(C#N)NC(=O)[C@@H]3[C@@H](c4ccccc4)CCN3C(=O)[C@@H](NC(=O)C(C)(F)F)C(C)(C)C)c12. The number of amides is 3. The first-order valence-electron chi connectivity index (χ1n) is 13.9. The quantitative estimate of drug-likeness (QED) is 0.398. The molecule has 0 radical (unpaired) electrons.